The maximum absolute atomic E-state index is 13.7. The molecule has 0 radical (unpaired) electrons. The third-order valence-corrected chi connectivity index (χ3v) is 4.09. The SMILES string of the molecule is CCC1(CC)CN(c2cc(C(=O)O)ccc2F)C1. The molecular weight excluding hydrogens is 233 g/mol. The Hall–Kier alpha value is -1.58. The Kier molecular flexibility index (Phi) is 3.28. The van der Waals surface area contributed by atoms with Crippen molar-refractivity contribution in [3.8, 4) is 0 Å². The van der Waals surface area contributed by atoms with E-state index >= 15 is 0 Å². The van der Waals surface area contributed by atoms with E-state index in [-0.39, 0.29) is 16.8 Å². The molecule has 0 spiro atoms. The zero-order valence-corrected chi connectivity index (χ0v) is 10.7. The van der Waals surface area contributed by atoms with Crippen molar-refractivity contribution in [3.05, 3.63) is 29.6 Å². The molecule has 1 aromatic rings. The van der Waals surface area contributed by atoms with E-state index in [9.17, 15) is 9.18 Å². The van der Waals surface area contributed by atoms with Crippen LogP contribution < -0.4 is 4.90 Å². The van der Waals surface area contributed by atoms with Crippen molar-refractivity contribution in [2.24, 2.45) is 5.41 Å². The number of carbonyl (C=O) groups is 1. The molecule has 1 aromatic carbocycles. The summed E-state index contributed by atoms with van der Waals surface area (Å²) in [5.74, 6) is -1.37. The summed E-state index contributed by atoms with van der Waals surface area (Å²) in [6, 6.07) is 3.96. The van der Waals surface area contributed by atoms with Gasteiger partial charge in [0.15, 0.2) is 0 Å². The largest absolute Gasteiger partial charge is 0.478 e. The molecule has 1 aliphatic heterocycles. The van der Waals surface area contributed by atoms with Gasteiger partial charge < -0.3 is 10.0 Å². The van der Waals surface area contributed by atoms with Crippen LogP contribution in [0.15, 0.2) is 18.2 Å². The van der Waals surface area contributed by atoms with Gasteiger partial charge in [0.2, 0.25) is 0 Å². The zero-order valence-electron chi connectivity index (χ0n) is 10.7. The molecule has 0 bridgehead atoms. The van der Waals surface area contributed by atoms with Crippen LogP contribution in [-0.4, -0.2) is 24.2 Å². The Morgan fingerprint density at radius 2 is 2.00 bits per heavy atom. The molecular formula is C14H18FNO2. The van der Waals surface area contributed by atoms with Crippen LogP contribution in [0.5, 0.6) is 0 Å². The summed E-state index contributed by atoms with van der Waals surface area (Å²) in [6.45, 7) is 5.90. The highest BCUT2D eigenvalue weighted by molar-refractivity contribution is 5.89. The first-order chi connectivity index (χ1) is 8.51. The highest BCUT2D eigenvalue weighted by Crippen LogP contribution is 2.40. The lowest BCUT2D eigenvalue weighted by Gasteiger charge is -2.51. The number of carboxylic acids is 1. The molecule has 1 fully saturated rings. The van der Waals surface area contributed by atoms with Crippen LogP contribution >= 0.6 is 0 Å². The summed E-state index contributed by atoms with van der Waals surface area (Å²) in [7, 11) is 0. The predicted octanol–water partition coefficient (Wildman–Crippen LogP) is 3.15. The molecule has 0 saturated carbocycles. The Bertz CT molecular complexity index is 461. The van der Waals surface area contributed by atoms with Crippen LogP contribution in [-0.2, 0) is 0 Å². The lowest BCUT2D eigenvalue weighted by molar-refractivity contribution is 0.0697. The van der Waals surface area contributed by atoms with Crippen LogP contribution in [0, 0.1) is 11.2 Å². The molecule has 0 aliphatic carbocycles. The number of hydrogen-bond acceptors (Lipinski definition) is 2. The van der Waals surface area contributed by atoms with Gasteiger partial charge in [0.25, 0.3) is 0 Å². The molecule has 1 saturated heterocycles. The van der Waals surface area contributed by atoms with E-state index in [0.717, 1.165) is 25.9 Å². The molecule has 4 heteroatoms. The Morgan fingerprint density at radius 3 is 2.50 bits per heavy atom. The second-order valence-corrected chi connectivity index (χ2v) is 5.03. The maximum atomic E-state index is 13.7. The van der Waals surface area contributed by atoms with Gasteiger partial charge in [-0.15, -0.1) is 0 Å². The summed E-state index contributed by atoms with van der Waals surface area (Å²) < 4.78 is 13.7. The van der Waals surface area contributed by atoms with Crippen molar-refractivity contribution in [2.75, 3.05) is 18.0 Å². The number of hydrogen-bond donors (Lipinski definition) is 1. The van der Waals surface area contributed by atoms with Gasteiger partial charge in [0.1, 0.15) is 5.82 Å². The fourth-order valence-corrected chi connectivity index (χ4v) is 2.52. The van der Waals surface area contributed by atoms with Gasteiger partial charge >= 0.3 is 5.97 Å². The highest BCUT2D eigenvalue weighted by atomic mass is 19.1. The number of aromatic carboxylic acids is 1. The minimum absolute atomic E-state index is 0.136. The summed E-state index contributed by atoms with van der Waals surface area (Å²) in [4.78, 5) is 12.8. The van der Waals surface area contributed by atoms with Gasteiger partial charge in [0, 0.05) is 18.5 Å². The second-order valence-electron chi connectivity index (χ2n) is 5.03. The zero-order chi connectivity index (χ0) is 13.3. The van der Waals surface area contributed by atoms with Crippen molar-refractivity contribution < 1.29 is 14.3 Å². The monoisotopic (exact) mass is 251 g/mol. The molecule has 1 heterocycles. The molecule has 0 unspecified atom stereocenters. The standard InChI is InChI=1S/C14H18FNO2/c1-3-14(4-2)8-16(9-14)12-7-10(13(17)18)5-6-11(12)15/h5-7H,3-4,8-9H2,1-2H3,(H,17,18). The normalized spacial score (nSPS) is 17.4. The van der Waals surface area contributed by atoms with E-state index in [1.807, 2.05) is 4.90 Å². The van der Waals surface area contributed by atoms with Crippen LogP contribution in [0.4, 0.5) is 10.1 Å². The number of carboxylic acid groups (broad SMARTS) is 1. The fourth-order valence-electron chi connectivity index (χ4n) is 2.52. The van der Waals surface area contributed by atoms with Gasteiger partial charge in [-0.05, 0) is 31.0 Å². The molecule has 0 aromatic heterocycles. The number of halogens is 1. The third kappa shape index (κ3) is 2.07. The van der Waals surface area contributed by atoms with Crippen LogP contribution in [0.25, 0.3) is 0 Å². The molecule has 2 rings (SSSR count). The van der Waals surface area contributed by atoms with Gasteiger partial charge in [-0.3, -0.25) is 0 Å². The number of benzene rings is 1. The van der Waals surface area contributed by atoms with Gasteiger partial charge in [-0.1, -0.05) is 13.8 Å². The topological polar surface area (TPSA) is 40.5 Å². The number of nitrogens with zero attached hydrogens (tertiary/aromatic N) is 1. The van der Waals surface area contributed by atoms with Gasteiger partial charge in [-0.25, -0.2) is 9.18 Å². The summed E-state index contributed by atoms with van der Waals surface area (Å²) in [5.41, 5.74) is 0.815. The Balaban J connectivity index is 2.21. The lowest BCUT2D eigenvalue weighted by Crippen LogP contribution is -2.56. The number of anilines is 1. The first kappa shape index (κ1) is 12.9. The second kappa shape index (κ2) is 4.59. The van der Waals surface area contributed by atoms with E-state index in [1.165, 1.54) is 18.2 Å². The Labute approximate surface area is 106 Å². The van der Waals surface area contributed by atoms with E-state index < -0.39 is 5.97 Å². The van der Waals surface area contributed by atoms with Crippen LogP contribution in [0.1, 0.15) is 37.0 Å². The third-order valence-electron chi connectivity index (χ3n) is 4.09. The van der Waals surface area contributed by atoms with Crippen molar-refractivity contribution in [1.82, 2.24) is 0 Å². The minimum atomic E-state index is -1.02. The predicted molar refractivity (Wildman–Crippen MR) is 68.6 cm³/mol. The number of rotatable bonds is 4. The van der Waals surface area contributed by atoms with Crippen LogP contribution in [0.3, 0.4) is 0 Å². The molecule has 0 amide bonds. The molecule has 1 aliphatic rings. The maximum Gasteiger partial charge on any atom is 0.335 e. The first-order valence-corrected chi connectivity index (χ1v) is 6.29. The van der Waals surface area contributed by atoms with Gasteiger partial charge in [-0.2, -0.15) is 0 Å². The molecule has 98 valence electrons. The minimum Gasteiger partial charge on any atom is -0.478 e. The van der Waals surface area contributed by atoms with E-state index in [0.29, 0.717) is 5.69 Å². The summed E-state index contributed by atoms with van der Waals surface area (Å²) >= 11 is 0. The quantitative estimate of drug-likeness (QED) is 0.893. The summed E-state index contributed by atoms with van der Waals surface area (Å²) in [5, 5.41) is 8.93. The Morgan fingerprint density at radius 1 is 1.39 bits per heavy atom. The van der Waals surface area contributed by atoms with Crippen molar-refractivity contribution in [1.29, 1.82) is 0 Å². The van der Waals surface area contributed by atoms with E-state index in [1.54, 1.807) is 0 Å². The molecule has 0 atom stereocenters. The average molecular weight is 251 g/mol. The van der Waals surface area contributed by atoms with E-state index in [2.05, 4.69) is 13.8 Å². The molecule has 1 N–H and O–H groups in total. The smallest absolute Gasteiger partial charge is 0.335 e. The fraction of sp³-hybridized carbons (Fsp3) is 0.500. The van der Waals surface area contributed by atoms with Crippen molar-refractivity contribution >= 4 is 11.7 Å². The van der Waals surface area contributed by atoms with Crippen LogP contribution in [0.2, 0.25) is 0 Å². The van der Waals surface area contributed by atoms with Gasteiger partial charge in [0.05, 0.1) is 11.3 Å². The first-order valence-electron chi connectivity index (χ1n) is 6.29. The molecule has 18 heavy (non-hydrogen) atoms. The molecule has 3 nitrogen and oxygen atoms in total. The highest BCUT2D eigenvalue weighted by Gasteiger charge is 2.40. The van der Waals surface area contributed by atoms with Crippen molar-refractivity contribution in [3.63, 3.8) is 0 Å². The lowest BCUT2D eigenvalue weighted by atomic mass is 9.75. The average Bonchev–Trinajstić information content (AvgIpc) is 2.30. The van der Waals surface area contributed by atoms with E-state index in [4.69, 9.17) is 5.11 Å². The summed E-state index contributed by atoms with van der Waals surface area (Å²) in [6.07, 6.45) is 2.14. The van der Waals surface area contributed by atoms with Crippen molar-refractivity contribution in [2.45, 2.75) is 26.7 Å².